The van der Waals surface area contributed by atoms with E-state index in [1.54, 1.807) is 21.0 Å². The first-order valence-electron chi connectivity index (χ1n) is 16.0. The number of allylic oxidation sites excluding steroid dienone is 3. The van der Waals surface area contributed by atoms with Gasteiger partial charge in [-0.3, -0.25) is 23.7 Å². The van der Waals surface area contributed by atoms with Crippen molar-refractivity contribution in [1.82, 2.24) is 19.5 Å². The second kappa shape index (κ2) is 11.8. The molecular weight excluding hydrogens is 592 g/mol. The van der Waals surface area contributed by atoms with Crippen molar-refractivity contribution in [2.75, 3.05) is 21.2 Å². The number of carbonyl (C=O) groups is 3. The molecule has 11 heteroatoms. The molecule has 2 N–H and O–H groups in total. The minimum absolute atomic E-state index is 0.112. The summed E-state index contributed by atoms with van der Waals surface area (Å²) in [5.41, 5.74) is 5.15. The summed E-state index contributed by atoms with van der Waals surface area (Å²) >= 11 is 0. The number of amides is 3. The van der Waals surface area contributed by atoms with E-state index in [2.05, 4.69) is 28.2 Å². The third-order valence-corrected chi connectivity index (χ3v) is 11.8. The average molecular weight is 635 g/mol. The van der Waals surface area contributed by atoms with E-state index >= 15 is 0 Å². The molecule has 1 aromatic carbocycles. The molecule has 3 amide bonds. The van der Waals surface area contributed by atoms with Crippen LogP contribution < -0.4 is 14.8 Å². The highest BCUT2D eigenvalue weighted by Gasteiger charge is 2.53. The smallest absolute Gasteiger partial charge is 0.315 e. The maximum absolute atomic E-state index is 13.8. The molecular formula is C34H42N4O6S. The summed E-state index contributed by atoms with van der Waals surface area (Å²) in [5, 5.41) is 3.06. The first-order chi connectivity index (χ1) is 21.5. The number of nitrogens with zero attached hydrogens (tertiary/aromatic N) is 2. The quantitative estimate of drug-likeness (QED) is 0.426. The summed E-state index contributed by atoms with van der Waals surface area (Å²) < 4.78 is 36.2. The molecule has 3 aliphatic carbocycles. The molecule has 1 aromatic heterocycles. The van der Waals surface area contributed by atoms with Crippen LogP contribution in [-0.2, 0) is 24.4 Å². The highest BCUT2D eigenvalue weighted by Crippen LogP contribution is 2.58. The molecule has 2 fully saturated rings. The lowest BCUT2D eigenvalue weighted by molar-refractivity contribution is -0.143. The van der Waals surface area contributed by atoms with Crippen LogP contribution in [0.4, 0.5) is 0 Å². The summed E-state index contributed by atoms with van der Waals surface area (Å²) in [6.45, 7) is 3.32. The molecule has 2 saturated carbocycles. The van der Waals surface area contributed by atoms with Crippen molar-refractivity contribution in [2.24, 2.45) is 5.92 Å². The number of hydrogen-bond donors (Lipinski definition) is 2. The molecule has 3 unspecified atom stereocenters. The molecule has 10 nitrogen and oxygen atoms in total. The van der Waals surface area contributed by atoms with Gasteiger partial charge in [-0.25, -0.2) is 8.42 Å². The zero-order valence-corrected chi connectivity index (χ0v) is 27.4. The lowest BCUT2D eigenvalue weighted by Gasteiger charge is -2.27. The number of sulfonamides is 1. The van der Waals surface area contributed by atoms with Crippen molar-refractivity contribution in [1.29, 1.82) is 0 Å². The highest BCUT2D eigenvalue weighted by atomic mass is 32.2. The van der Waals surface area contributed by atoms with Crippen LogP contribution in [0, 0.1) is 5.92 Å². The Bertz CT molecular complexity index is 1790. The van der Waals surface area contributed by atoms with E-state index < -0.39 is 38.9 Å². The Kier molecular flexibility index (Phi) is 8.18. The molecule has 2 heterocycles. The Balaban J connectivity index is 1.62. The monoisotopic (exact) mass is 634 g/mol. The van der Waals surface area contributed by atoms with Gasteiger partial charge >= 0.3 is 11.8 Å². The van der Waals surface area contributed by atoms with E-state index in [-0.39, 0.29) is 5.92 Å². The fourth-order valence-corrected chi connectivity index (χ4v) is 8.32. The van der Waals surface area contributed by atoms with Gasteiger partial charge in [0.2, 0.25) is 15.9 Å². The summed E-state index contributed by atoms with van der Waals surface area (Å²) in [6.07, 6.45) is 11.6. The van der Waals surface area contributed by atoms with E-state index in [1.165, 1.54) is 25.4 Å². The van der Waals surface area contributed by atoms with Gasteiger partial charge in [0.1, 0.15) is 11.6 Å². The molecule has 6 rings (SSSR count). The van der Waals surface area contributed by atoms with Gasteiger partial charge in [-0.05, 0) is 73.8 Å². The van der Waals surface area contributed by atoms with Crippen molar-refractivity contribution in [3.63, 3.8) is 0 Å². The third kappa shape index (κ3) is 5.28. The molecule has 0 saturated heterocycles. The number of aromatic nitrogens is 1. The normalized spacial score (nSPS) is 21.8. The third-order valence-electron chi connectivity index (χ3n) is 9.92. The Morgan fingerprint density at radius 1 is 1.09 bits per heavy atom. The van der Waals surface area contributed by atoms with Gasteiger partial charge in [-0.15, -0.1) is 0 Å². The van der Waals surface area contributed by atoms with Crippen LogP contribution >= 0.6 is 0 Å². The Morgan fingerprint density at radius 3 is 2.49 bits per heavy atom. The number of nitrogens with one attached hydrogen (secondary N) is 2. The molecule has 0 radical (unpaired) electrons. The Hall–Kier alpha value is -3.86. The molecule has 3 atom stereocenters. The van der Waals surface area contributed by atoms with E-state index in [1.807, 2.05) is 16.7 Å². The van der Waals surface area contributed by atoms with Crippen LogP contribution in [0.2, 0.25) is 0 Å². The lowest BCUT2D eigenvalue weighted by Crippen LogP contribution is -2.40. The van der Waals surface area contributed by atoms with Gasteiger partial charge in [0.25, 0.3) is 0 Å². The topological polar surface area (TPSA) is 127 Å². The summed E-state index contributed by atoms with van der Waals surface area (Å²) in [5.74, 6) is -1.88. The van der Waals surface area contributed by atoms with Gasteiger partial charge < -0.3 is 15.0 Å². The van der Waals surface area contributed by atoms with Gasteiger partial charge in [-0.1, -0.05) is 44.4 Å². The molecule has 0 spiro atoms. The number of rotatable bonds is 7. The van der Waals surface area contributed by atoms with E-state index in [4.69, 9.17) is 4.74 Å². The van der Waals surface area contributed by atoms with Crippen LogP contribution in [0.15, 0.2) is 47.1 Å². The molecule has 45 heavy (non-hydrogen) atoms. The maximum atomic E-state index is 13.8. The van der Waals surface area contributed by atoms with Crippen LogP contribution in [0.5, 0.6) is 5.75 Å². The van der Waals surface area contributed by atoms with Crippen molar-refractivity contribution in [3.05, 3.63) is 58.3 Å². The van der Waals surface area contributed by atoms with Gasteiger partial charge in [0.05, 0.1) is 23.8 Å². The van der Waals surface area contributed by atoms with Crippen molar-refractivity contribution >= 4 is 44.5 Å². The minimum atomic E-state index is -3.91. The van der Waals surface area contributed by atoms with Crippen molar-refractivity contribution in [3.8, 4) is 5.75 Å². The van der Waals surface area contributed by atoms with Crippen LogP contribution in [0.25, 0.3) is 16.7 Å². The second-order valence-corrected chi connectivity index (χ2v) is 14.9. The first kappa shape index (κ1) is 31.1. The van der Waals surface area contributed by atoms with E-state index in [9.17, 15) is 22.8 Å². The van der Waals surface area contributed by atoms with Gasteiger partial charge in [0, 0.05) is 36.7 Å². The van der Waals surface area contributed by atoms with Crippen molar-refractivity contribution in [2.45, 2.75) is 82.3 Å². The Labute approximate surface area is 264 Å². The molecule has 4 aliphatic rings. The minimum Gasteiger partial charge on any atom is -0.496 e. The summed E-state index contributed by atoms with van der Waals surface area (Å²) in [7, 11) is 0.748. The van der Waals surface area contributed by atoms with E-state index in [0.717, 1.165) is 66.3 Å². The fourth-order valence-electron chi connectivity index (χ4n) is 7.28. The zero-order valence-electron chi connectivity index (χ0n) is 26.6. The SMILES string of the molecule is CCC(C)S(=O)(=O)NC(=O)C1C2=C3C=CCCC3c3cc4c(OC)ccc(C5CCCCC5)c4n3C(NC(=O)C(=O)N(C)C)=C21. The molecule has 2 aromatic rings. The van der Waals surface area contributed by atoms with Crippen LogP contribution in [0.3, 0.4) is 0 Å². The predicted molar refractivity (Wildman–Crippen MR) is 173 cm³/mol. The Morgan fingerprint density at radius 2 is 1.82 bits per heavy atom. The van der Waals surface area contributed by atoms with Crippen LogP contribution in [0.1, 0.15) is 88.3 Å². The molecule has 1 aliphatic heterocycles. The largest absolute Gasteiger partial charge is 0.496 e. The number of hydrogen-bond acceptors (Lipinski definition) is 6. The highest BCUT2D eigenvalue weighted by molar-refractivity contribution is 7.90. The standard InChI is InChI=1S/C34H42N4O6S/c1-6-19(2)45(42,43)36-32(39)29-27-23-15-11-10-14-22(23)25-18-24-26(44-5)17-16-21(20-12-8-7-9-13-20)30(24)38(25)31(28(27)29)35-33(40)34(41)37(3)4/h11,15-20,22,29H,6-10,12-14H2,1-5H3,(H,35,40)(H,36,39). The number of likely N-dealkylation sites (N-methyl/N-ethyl adjacent to an activating group) is 1. The summed E-state index contributed by atoms with van der Waals surface area (Å²) in [6, 6.07) is 6.23. The number of methoxy groups -OCH3 is 1. The second-order valence-electron chi connectivity index (χ2n) is 12.8. The maximum Gasteiger partial charge on any atom is 0.315 e. The molecule has 0 bridgehead atoms. The number of carbonyl (C=O) groups excluding carboxylic acids is 3. The predicted octanol–water partition coefficient (Wildman–Crippen LogP) is 4.69. The average Bonchev–Trinajstić information content (AvgIpc) is 3.68. The van der Waals surface area contributed by atoms with Crippen molar-refractivity contribution < 1.29 is 27.5 Å². The zero-order chi connectivity index (χ0) is 32.2. The lowest BCUT2D eigenvalue weighted by atomic mass is 9.83. The number of benzene rings is 1. The van der Waals surface area contributed by atoms with E-state index in [0.29, 0.717) is 35.1 Å². The fraction of sp³-hybridized carbons (Fsp3) is 0.500. The number of ether oxygens (including phenoxy) is 1. The summed E-state index contributed by atoms with van der Waals surface area (Å²) in [4.78, 5) is 41.4. The molecule has 240 valence electrons. The van der Waals surface area contributed by atoms with Gasteiger partial charge in [-0.2, -0.15) is 0 Å². The van der Waals surface area contributed by atoms with Gasteiger partial charge in [0.15, 0.2) is 0 Å². The number of fused-ring (bicyclic) bond motifs is 6. The van der Waals surface area contributed by atoms with Crippen LogP contribution in [-0.4, -0.2) is 62.1 Å². The first-order valence-corrected chi connectivity index (χ1v) is 17.5.